The van der Waals surface area contributed by atoms with E-state index in [4.69, 9.17) is 11.6 Å². The highest BCUT2D eigenvalue weighted by Gasteiger charge is 2.33. The Bertz CT molecular complexity index is 814. The normalized spacial score (nSPS) is 11.4. The summed E-state index contributed by atoms with van der Waals surface area (Å²) < 4.78 is 38.1. The van der Waals surface area contributed by atoms with E-state index in [1.807, 2.05) is 32.9 Å². The highest BCUT2D eigenvalue weighted by Crippen LogP contribution is 2.31. The minimum atomic E-state index is -4.49. The monoisotopic (exact) mass is 386 g/mol. The van der Waals surface area contributed by atoms with Crippen LogP contribution in [0.3, 0.4) is 0 Å². The molecule has 1 aromatic carbocycles. The lowest BCUT2D eigenvalue weighted by atomic mass is 10.1. The number of carbonyl (C=O) groups is 1. The first-order valence-corrected chi connectivity index (χ1v) is 8.24. The minimum absolute atomic E-state index is 0.0751. The Balaban J connectivity index is 2.13. The van der Waals surface area contributed by atoms with Crippen LogP contribution in [0.1, 0.15) is 22.3 Å². The summed E-state index contributed by atoms with van der Waals surface area (Å²) >= 11 is 5.94. The molecule has 0 saturated heterocycles. The molecule has 1 aromatic heterocycles. The second kappa shape index (κ2) is 7.53. The fourth-order valence-corrected chi connectivity index (χ4v) is 3.08. The third-order valence-corrected chi connectivity index (χ3v) is 4.19. The van der Waals surface area contributed by atoms with Crippen LogP contribution in [0.5, 0.6) is 0 Å². The molecule has 0 unspecified atom stereocenters. The number of benzene rings is 1. The van der Waals surface area contributed by atoms with E-state index in [0.29, 0.717) is 0 Å². The van der Waals surface area contributed by atoms with Crippen molar-refractivity contribution in [2.24, 2.45) is 0 Å². The van der Waals surface area contributed by atoms with Crippen molar-refractivity contribution in [2.75, 3.05) is 23.8 Å². The van der Waals surface area contributed by atoms with Gasteiger partial charge in [0.2, 0.25) is 0 Å². The van der Waals surface area contributed by atoms with Crippen molar-refractivity contribution in [3.63, 3.8) is 0 Å². The van der Waals surface area contributed by atoms with Crippen LogP contribution in [0.4, 0.5) is 24.7 Å². The van der Waals surface area contributed by atoms with Gasteiger partial charge in [-0.2, -0.15) is 13.2 Å². The molecule has 0 aliphatic carbocycles. The smallest absolute Gasteiger partial charge is 0.322 e. The van der Waals surface area contributed by atoms with Gasteiger partial charge in [0.25, 0.3) is 11.7 Å². The molecule has 0 radical (unpaired) electrons. The highest BCUT2D eigenvalue weighted by molar-refractivity contribution is 6.32. The molecule has 2 N–H and O–H groups in total. The molecule has 0 fully saturated rings. The van der Waals surface area contributed by atoms with Gasteiger partial charge in [0.1, 0.15) is 11.2 Å². The Labute approximate surface area is 155 Å². The van der Waals surface area contributed by atoms with E-state index in [1.165, 1.54) is 4.90 Å². The molecule has 4 nitrogen and oxygen atoms in total. The predicted octanol–water partition coefficient (Wildman–Crippen LogP) is 4.17. The zero-order valence-electron chi connectivity index (χ0n) is 14.9. The van der Waals surface area contributed by atoms with E-state index in [1.54, 1.807) is 7.05 Å². The van der Waals surface area contributed by atoms with Gasteiger partial charge in [-0.25, -0.2) is 4.98 Å². The first-order chi connectivity index (χ1) is 12.0. The number of aryl methyl sites for hydroxylation is 3. The average molecular weight is 387 g/mol. The highest BCUT2D eigenvalue weighted by atomic mass is 35.5. The Morgan fingerprint density at radius 1 is 1.19 bits per heavy atom. The van der Waals surface area contributed by atoms with Gasteiger partial charge in [-0.3, -0.25) is 9.69 Å². The van der Waals surface area contributed by atoms with Gasteiger partial charge in [0, 0.05) is 5.69 Å². The summed E-state index contributed by atoms with van der Waals surface area (Å²) in [6, 6.07) is 4.76. The summed E-state index contributed by atoms with van der Waals surface area (Å²) in [6.45, 7) is 5.70. The van der Waals surface area contributed by atoms with E-state index in [-0.39, 0.29) is 23.3 Å². The van der Waals surface area contributed by atoms with Crippen molar-refractivity contribution in [2.45, 2.75) is 26.9 Å². The number of hydrogen-bond donors (Lipinski definition) is 1. The Kier molecular flexibility index (Phi) is 5.81. The van der Waals surface area contributed by atoms with Crippen LogP contribution in [0.15, 0.2) is 24.4 Å². The minimum Gasteiger partial charge on any atom is -0.322 e. The molecule has 1 amide bonds. The third-order valence-electron chi connectivity index (χ3n) is 3.90. The fourth-order valence-electron chi connectivity index (χ4n) is 2.77. The van der Waals surface area contributed by atoms with E-state index in [2.05, 4.69) is 10.3 Å². The van der Waals surface area contributed by atoms with Gasteiger partial charge in [-0.05, 0) is 38.0 Å². The number of nitrogens with one attached hydrogen (secondary N) is 2. The molecular formula is C18H20ClF3N3O+. The molecule has 2 rings (SSSR count). The number of amides is 1. The number of H-pyrrole nitrogens is 1. The molecule has 0 aliphatic rings. The fraction of sp³-hybridized carbons (Fsp3) is 0.333. The topological polar surface area (TPSA) is 46.5 Å². The SMILES string of the molecule is Cc1cc(C)c(NC(=O)CN(C)c2[nH+]cc(C(F)(F)F)cc2Cl)c(C)c1. The number of pyridine rings is 1. The summed E-state index contributed by atoms with van der Waals surface area (Å²) in [4.78, 5) is 16.3. The number of likely N-dealkylation sites (N-methyl/N-ethyl adjacent to an activating group) is 1. The van der Waals surface area contributed by atoms with E-state index in [0.717, 1.165) is 34.6 Å². The van der Waals surface area contributed by atoms with Gasteiger partial charge in [0.15, 0.2) is 6.54 Å². The number of nitrogens with zero attached hydrogens (tertiary/aromatic N) is 1. The van der Waals surface area contributed by atoms with Gasteiger partial charge < -0.3 is 5.32 Å². The zero-order chi connectivity index (χ0) is 19.6. The van der Waals surface area contributed by atoms with Crippen LogP contribution in [0.2, 0.25) is 5.02 Å². The Morgan fingerprint density at radius 2 is 1.77 bits per heavy atom. The quantitative estimate of drug-likeness (QED) is 0.857. The van der Waals surface area contributed by atoms with Crippen LogP contribution in [0, 0.1) is 20.8 Å². The van der Waals surface area contributed by atoms with Gasteiger partial charge in [-0.1, -0.05) is 29.3 Å². The van der Waals surface area contributed by atoms with Crippen molar-refractivity contribution in [1.82, 2.24) is 0 Å². The van der Waals surface area contributed by atoms with Crippen LogP contribution < -0.4 is 15.2 Å². The number of aromatic amines is 1. The predicted molar refractivity (Wildman–Crippen MR) is 95.6 cm³/mol. The molecular weight excluding hydrogens is 367 g/mol. The van der Waals surface area contributed by atoms with Crippen molar-refractivity contribution >= 4 is 29.0 Å². The summed E-state index contributed by atoms with van der Waals surface area (Å²) in [5, 5.41) is 2.73. The largest absolute Gasteiger partial charge is 0.419 e. The maximum absolute atomic E-state index is 12.7. The van der Waals surface area contributed by atoms with Gasteiger partial charge in [-0.15, -0.1) is 0 Å². The van der Waals surface area contributed by atoms with Crippen molar-refractivity contribution in [3.8, 4) is 0 Å². The maximum Gasteiger partial charge on any atom is 0.419 e. The summed E-state index contributed by atoms with van der Waals surface area (Å²) in [6.07, 6.45) is -3.67. The van der Waals surface area contributed by atoms with E-state index >= 15 is 0 Å². The van der Waals surface area contributed by atoms with Crippen LogP contribution >= 0.6 is 11.6 Å². The summed E-state index contributed by atoms with van der Waals surface area (Å²) in [5.41, 5.74) is 2.84. The first-order valence-electron chi connectivity index (χ1n) is 7.86. The van der Waals surface area contributed by atoms with Gasteiger partial charge >= 0.3 is 6.18 Å². The molecule has 140 valence electrons. The van der Waals surface area contributed by atoms with E-state index in [9.17, 15) is 18.0 Å². The lowest BCUT2D eigenvalue weighted by Crippen LogP contribution is -2.34. The number of hydrogen-bond acceptors (Lipinski definition) is 2. The molecule has 0 bridgehead atoms. The maximum atomic E-state index is 12.7. The molecule has 0 spiro atoms. The lowest BCUT2D eigenvalue weighted by Gasteiger charge is -2.16. The molecule has 26 heavy (non-hydrogen) atoms. The van der Waals surface area contributed by atoms with Crippen LogP contribution in [-0.4, -0.2) is 19.5 Å². The molecule has 0 aliphatic heterocycles. The second-order valence-corrected chi connectivity index (χ2v) is 6.67. The average Bonchev–Trinajstić information content (AvgIpc) is 2.49. The molecule has 2 aromatic rings. The molecule has 0 saturated carbocycles. The Morgan fingerprint density at radius 3 is 2.27 bits per heavy atom. The summed E-state index contributed by atoms with van der Waals surface area (Å²) in [5.74, 6) is -0.0703. The number of aromatic nitrogens is 1. The summed E-state index contributed by atoms with van der Waals surface area (Å²) in [7, 11) is 1.57. The number of alkyl halides is 3. The van der Waals surface area contributed by atoms with Crippen molar-refractivity contribution in [3.05, 3.63) is 51.7 Å². The number of halogens is 4. The third kappa shape index (κ3) is 4.66. The van der Waals surface area contributed by atoms with Crippen LogP contribution in [-0.2, 0) is 11.0 Å². The van der Waals surface area contributed by atoms with Crippen molar-refractivity contribution in [1.29, 1.82) is 0 Å². The molecule has 8 heteroatoms. The Hall–Kier alpha value is -2.28. The number of anilines is 2. The number of carbonyl (C=O) groups excluding carboxylic acids is 1. The van der Waals surface area contributed by atoms with Crippen LogP contribution in [0.25, 0.3) is 0 Å². The van der Waals surface area contributed by atoms with Crippen molar-refractivity contribution < 1.29 is 22.9 Å². The molecule has 1 heterocycles. The molecule has 0 atom stereocenters. The zero-order valence-corrected chi connectivity index (χ0v) is 15.6. The van der Waals surface area contributed by atoms with Gasteiger partial charge in [0.05, 0.1) is 12.6 Å². The lowest BCUT2D eigenvalue weighted by molar-refractivity contribution is -0.367. The second-order valence-electron chi connectivity index (χ2n) is 6.26. The number of rotatable bonds is 4. The first kappa shape index (κ1) is 20.0. The van der Waals surface area contributed by atoms with E-state index < -0.39 is 11.7 Å². The standard InChI is InChI=1S/C18H19ClF3N3O/c1-10-5-11(2)16(12(3)6-10)24-15(26)9-25(4)17-14(19)7-13(8-23-17)18(20,21)22/h5-8H,9H2,1-4H3,(H,24,26)/p+1.